The Hall–Kier alpha value is -2.83. The Kier molecular flexibility index (Phi) is 4.04. The van der Waals surface area contributed by atoms with E-state index in [0.29, 0.717) is 17.7 Å². The lowest BCUT2D eigenvalue weighted by molar-refractivity contribution is 0.251. The molecule has 1 aromatic carbocycles. The minimum Gasteiger partial charge on any atom is -0.495 e. The number of nitrogens with one attached hydrogen (secondary N) is 3. The zero-order chi connectivity index (χ0) is 15.4. The van der Waals surface area contributed by atoms with E-state index in [9.17, 15) is 4.79 Å². The van der Waals surface area contributed by atoms with E-state index in [2.05, 4.69) is 26.1 Å². The molecule has 3 rings (SSSR count). The Morgan fingerprint density at radius 3 is 2.55 bits per heavy atom. The predicted octanol–water partition coefficient (Wildman–Crippen LogP) is 2.51. The maximum absolute atomic E-state index is 11.6. The Bertz CT molecular complexity index is 655. The second-order valence-corrected chi connectivity index (χ2v) is 5.00. The average molecular weight is 299 g/mol. The first-order chi connectivity index (χ1) is 10.7. The van der Waals surface area contributed by atoms with Crippen molar-refractivity contribution in [2.24, 2.45) is 0 Å². The molecule has 1 aliphatic rings. The summed E-state index contributed by atoms with van der Waals surface area (Å²) in [6.07, 6.45) is 2.09. The van der Waals surface area contributed by atoms with Gasteiger partial charge in [-0.3, -0.25) is 5.32 Å². The molecule has 1 aromatic heterocycles. The van der Waals surface area contributed by atoms with Gasteiger partial charge in [0.25, 0.3) is 0 Å². The Balaban J connectivity index is 1.62. The maximum Gasteiger partial charge on any atom is 0.320 e. The number of benzene rings is 1. The van der Waals surface area contributed by atoms with Crippen molar-refractivity contribution in [3.63, 3.8) is 0 Å². The molecule has 2 amide bonds. The van der Waals surface area contributed by atoms with E-state index >= 15 is 0 Å². The van der Waals surface area contributed by atoms with E-state index < -0.39 is 0 Å². The molecule has 0 spiro atoms. The summed E-state index contributed by atoms with van der Waals surface area (Å²) in [5, 5.41) is 16.6. The number of rotatable bonds is 5. The Morgan fingerprint density at radius 1 is 1.14 bits per heavy atom. The third-order valence-corrected chi connectivity index (χ3v) is 3.19. The van der Waals surface area contributed by atoms with Crippen molar-refractivity contribution in [2.75, 3.05) is 17.7 Å². The molecular formula is C15H17N5O2. The highest BCUT2D eigenvalue weighted by atomic mass is 16.5. The van der Waals surface area contributed by atoms with Crippen molar-refractivity contribution in [1.29, 1.82) is 0 Å². The van der Waals surface area contributed by atoms with Crippen LogP contribution in [-0.2, 0) is 0 Å². The molecular weight excluding hydrogens is 282 g/mol. The fraction of sp³-hybridized carbons (Fsp3) is 0.267. The molecule has 0 aliphatic heterocycles. The number of para-hydroxylation sites is 2. The zero-order valence-electron chi connectivity index (χ0n) is 12.2. The molecule has 1 aliphatic carbocycles. The molecule has 1 fully saturated rings. The van der Waals surface area contributed by atoms with Gasteiger partial charge in [0.2, 0.25) is 0 Å². The topological polar surface area (TPSA) is 88.2 Å². The first kappa shape index (κ1) is 14.1. The van der Waals surface area contributed by atoms with Crippen molar-refractivity contribution in [2.45, 2.75) is 18.9 Å². The van der Waals surface area contributed by atoms with Crippen molar-refractivity contribution in [3.8, 4) is 5.75 Å². The second-order valence-electron chi connectivity index (χ2n) is 5.00. The van der Waals surface area contributed by atoms with Gasteiger partial charge in [0.15, 0.2) is 11.6 Å². The molecule has 0 saturated heterocycles. The summed E-state index contributed by atoms with van der Waals surface area (Å²) >= 11 is 0. The number of urea groups is 1. The van der Waals surface area contributed by atoms with Gasteiger partial charge in [-0.1, -0.05) is 12.1 Å². The summed E-state index contributed by atoms with van der Waals surface area (Å²) in [5.74, 6) is 1.69. The normalized spacial score (nSPS) is 13.3. The van der Waals surface area contributed by atoms with E-state index in [4.69, 9.17) is 4.74 Å². The van der Waals surface area contributed by atoms with Crippen LogP contribution in [0, 0.1) is 0 Å². The van der Waals surface area contributed by atoms with Gasteiger partial charge in [-0.15, -0.1) is 10.2 Å². The van der Waals surface area contributed by atoms with Crippen molar-refractivity contribution in [1.82, 2.24) is 15.5 Å². The average Bonchev–Trinajstić information content (AvgIpc) is 3.33. The number of nitrogens with zero attached hydrogens (tertiary/aromatic N) is 2. The van der Waals surface area contributed by atoms with Gasteiger partial charge < -0.3 is 15.4 Å². The maximum atomic E-state index is 11.6. The molecule has 22 heavy (non-hydrogen) atoms. The first-order valence-electron chi connectivity index (χ1n) is 7.06. The molecule has 1 saturated carbocycles. The minimum absolute atomic E-state index is 0.248. The van der Waals surface area contributed by atoms with Gasteiger partial charge in [-0.05, 0) is 37.1 Å². The van der Waals surface area contributed by atoms with Gasteiger partial charge in [0.05, 0.1) is 12.8 Å². The summed E-state index contributed by atoms with van der Waals surface area (Å²) in [6, 6.07) is 11.0. The molecule has 0 bridgehead atoms. The largest absolute Gasteiger partial charge is 0.495 e. The van der Waals surface area contributed by atoms with Crippen LogP contribution >= 0.6 is 0 Å². The van der Waals surface area contributed by atoms with Gasteiger partial charge in [-0.2, -0.15) is 0 Å². The van der Waals surface area contributed by atoms with Crippen molar-refractivity contribution < 1.29 is 9.53 Å². The molecule has 7 nitrogen and oxygen atoms in total. The summed E-state index contributed by atoms with van der Waals surface area (Å²) in [4.78, 5) is 11.6. The molecule has 114 valence electrons. The number of hydrogen-bond donors (Lipinski definition) is 3. The highest BCUT2D eigenvalue weighted by molar-refractivity contribution is 5.88. The van der Waals surface area contributed by atoms with E-state index in [1.165, 1.54) is 0 Å². The SMILES string of the molecule is COc1ccccc1Nc1ccc(NC(=O)NC2CC2)nn1. The van der Waals surface area contributed by atoms with Crippen LogP contribution in [0.25, 0.3) is 0 Å². The van der Waals surface area contributed by atoms with Crippen LogP contribution < -0.4 is 20.7 Å². The van der Waals surface area contributed by atoms with Gasteiger partial charge in [-0.25, -0.2) is 4.79 Å². The van der Waals surface area contributed by atoms with Crippen LogP contribution in [0.15, 0.2) is 36.4 Å². The number of aromatic nitrogens is 2. The number of ether oxygens (including phenoxy) is 1. The Labute approximate surface area is 128 Å². The zero-order valence-corrected chi connectivity index (χ0v) is 12.2. The summed E-state index contributed by atoms with van der Waals surface area (Å²) in [6.45, 7) is 0. The number of anilines is 3. The highest BCUT2D eigenvalue weighted by Crippen LogP contribution is 2.26. The third-order valence-electron chi connectivity index (χ3n) is 3.19. The molecule has 0 radical (unpaired) electrons. The van der Waals surface area contributed by atoms with Crippen molar-refractivity contribution >= 4 is 23.4 Å². The molecule has 2 aromatic rings. The van der Waals surface area contributed by atoms with Crippen LogP contribution in [0.4, 0.5) is 22.1 Å². The van der Waals surface area contributed by atoms with Crippen LogP contribution in [0.3, 0.4) is 0 Å². The number of methoxy groups -OCH3 is 1. The van der Waals surface area contributed by atoms with Crippen LogP contribution in [0.5, 0.6) is 5.75 Å². The summed E-state index contributed by atoms with van der Waals surface area (Å²) < 4.78 is 5.26. The molecule has 7 heteroatoms. The van der Waals surface area contributed by atoms with Gasteiger partial charge in [0, 0.05) is 6.04 Å². The lowest BCUT2D eigenvalue weighted by Gasteiger charge is -2.10. The number of carbonyl (C=O) groups is 1. The smallest absolute Gasteiger partial charge is 0.320 e. The van der Waals surface area contributed by atoms with Gasteiger partial charge in [0.1, 0.15) is 5.75 Å². The van der Waals surface area contributed by atoms with E-state index in [1.54, 1.807) is 19.2 Å². The number of hydrogen-bond acceptors (Lipinski definition) is 5. The van der Waals surface area contributed by atoms with E-state index in [-0.39, 0.29) is 6.03 Å². The fourth-order valence-corrected chi connectivity index (χ4v) is 1.92. The predicted molar refractivity (Wildman–Crippen MR) is 83.5 cm³/mol. The first-order valence-corrected chi connectivity index (χ1v) is 7.06. The molecule has 0 unspecified atom stereocenters. The minimum atomic E-state index is -0.248. The summed E-state index contributed by atoms with van der Waals surface area (Å²) in [7, 11) is 1.61. The molecule has 0 atom stereocenters. The summed E-state index contributed by atoms with van der Waals surface area (Å²) in [5.41, 5.74) is 0.798. The second kappa shape index (κ2) is 6.30. The standard InChI is InChI=1S/C15H17N5O2/c1-22-12-5-3-2-4-11(12)17-13-8-9-14(20-19-13)18-15(21)16-10-6-7-10/h2-5,8-10H,6-7H2,1H3,(H,17,19)(H2,16,18,20,21). The third kappa shape index (κ3) is 3.63. The quantitative estimate of drug-likeness (QED) is 0.789. The molecule has 1 heterocycles. The van der Waals surface area contributed by atoms with Crippen LogP contribution in [0.1, 0.15) is 12.8 Å². The van der Waals surface area contributed by atoms with Crippen LogP contribution in [0.2, 0.25) is 0 Å². The van der Waals surface area contributed by atoms with Crippen LogP contribution in [-0.4, -0.2) is 29.4 Å². The van der Waals surface area contributed by atoms with Crippen molar-refractivity contribution in [3.05, 3.63) is 36.4 Å². The van der Waals surface area contributed by atoms with E-state index in [0.717, 1.165) is 24.3 Å². The number of amides is 2. The molecule has 3 N–H and O–H groups in total. The van der Waals surface area contributed by atoms with E-state index in [1.807, 2.05) is 24.3 Å². The number of carbonyl (C=O) groups excluding carboxylic acids is 1. The Morgan fingerprint density at radius 2 is 1.86 bits per heavy atom. The lowest BCUT2D eigenvalue weighted by atomic mass is 10.3. The fourth-order valence-electron chi connectivity index (χ4n) is 1.92. The highest BCUT2D eigenvalue weighted by Gasteiger charge is 2.23. The monoisotopic (exact) mass is 299 g/mol. The lowest BCUT2D eigenvalue weighted by Crippen LogP contribution is -2.30. The van der Waals surface area contributed by atoms with Gasteiger partial charge >= 0.3 is 6.03 Å².